The maximum atomic E-state index is 13.0. The Bertz CT molecular complexity index is 1110. The van der Waals surface area contributed by atoms with Crippen LogP contribution in [0.4, 0.5) is 13.2 Å². The third-order valence-corrected chi connectivity index (χ3v) is 5.51. The SMILES string of the molecule is CCC(c1ccc(C(F)(F)F)c(Cl)c1)c1c2ncn(C3CC3)c(=O)c2nn1C. The van der Waals surface area contributed by atoms with Crippen molar-refractivity contribution < 1.29 is 13.2 Å². The number of hydrogen-bond acceptors (Lipinski definition) is 3. The molecule has 1 atom stereocenters. The lowest BCUT2D eigenvalue weighted by Gasteiger charge is -2.18. The fourth-order valence-corrected chi connectivity index (χ4v) is 3.96. The molecule has 1 fully saturated rings. The third-order valence-electron chi connectivity index (χ3n) is 5.19. The van der Waals surface area contributed by atoms with Gasteiger partial charge in [0, 0.05) is 19.0 Å². The normalized spacial score (nSPS) is 15.9. The predicted octanol–water partition coefficient (Wildman–Crippen LogP) is 4.68. The van der Waals surface area contributed by atoms with Crippen molar-refractivity contribution in [3.8, 4) is 0 Å². The van der Waals surface area contributed by atoms with Gasteiger partial charge < -0.3 is 0 Å². The van der Waals surface area contributed by atoms with E-state index in [1.807, 2.05) is 6.92 Å². The van der Waals surface area contributed by atoms with E-state index in [0.717, 1.165) is 18.9 Å². The molecule has 1 aromatic carbocycles. The molecular weight excluding hydrogens is 393 g/mol. The molecule has 0 bridgehead atoms. The lowest BCUT2D eigenvalue weighted by atomic mass is 9.91. The van der Waals surface area contributed by atoms with Crippen molar-refractivity contribution in [1.82, 2.24) is 19.3 Å². The molecule has 28 heavy (non-hydrogen) atoms. The molecule has 0 saturated heterocycles. The van der Waals surface area contributed by atoms with Crippen LogP contribution < -0.4 is 5.56 Å². The Kier molecular flexibility index (Phi) is 4.49. The van der Waals surface area contributed by atoms with Crippen molar-refractivity contribution in [2.75, 3.05) is 0 Å². The molecule has 1 aliphatic rings. The molecule has 0 spiro atoms. The first kappa shape index (κ1) is 19.0. The topological polar surface area (TPSA) is 52.7 Å². The molecule has 2 aromatic heterocycles. The molecular formula is C19H18ClF3N4O. The van der Waals surface area contributed by atoms with Gasteiger partial charge in [0.2, 0.25) is 0 Å². The molecule has 0 aliphatic heterocycles. The molecule has 0 N–H and O–H groups in total. The predicted molar refractivity (Wildman–Crippen MR) is 99.6 cm³/mol. The molecule has 4 rings (SSSR count). The highest BCUT2D eigenvalue weighted by Crippen LogP contribution is 2.39. The molecule has 3 aromatic rings. The Morgan fingerprint density at radius 3 is 2.57 bits per heavy atom. The maximum Gasteiger partial charge on any atom is 0.417 e. The van der Waals surface area contributed by atoms with E-state index in [0.29, 0.717) is 23.2 Å². The van der Waals surface area contributed by atoms with Crippen LogP contribution >= 0.6 is 11.6 Å². The number of benzene rings is 1. The van der Waals surface area contributed by atoms with Gasteiger partial charge in [-0.25, -0.2) is 4.98 Å². The number of alkyl halides is 3. The number of nitrogens with zero attached hydrogens (tertiary/aromatic N) is 4. The van der Waals surface area contributed by atoms with E-state index in [1.165, 1.54) is 12.1 Å². The average Bonchev–Trinajstić information content (AvgIpc) is 3.40. The van der Waals surface area contributed by atoms with Crippen molar-refractivity contribution in [3.05, 3.63) is 56.7 Å². The summed E-state index contributed by atoms with van der Waals surface area (Å²) in [6.45, 7) is 1.92. The van der Waals surface area contributed by atoms with Crippen molar-refractivity contribution in [2.45, 2.75) is 44.3 Å². The van der Waals surface area contributed by atoms with E-state index in [-0.39, 0.29) is 28.1 Å². The van der Waals surface area contributed by atoms with Crippen LogP contribution in [0.3, 0.4) is 0 Å². The van der Waals surface area contributed by atoms with E-state index < -0.39 is 11.7 Å². The summed E-state index contributed by atoms with van der Waals surface area (Å²) in [5.41, 5.74) is 1.02. The summed E-state index contributed by atoms with van der Waals surface area (Å²) in [5, 5.41) is 4.02. The van der Waals surface area contributed by atoms with Crippen LogP contribution in [0.25, 0.3) is 11.0 Å². The number of fused-ring (bicyclic) bond motifs is 1. The van der Waals surface area contributed by atoms with Gasteiger partial charge in [-0.1, -0.05) is 24.6 Å². The molecule has 148 valence electrons. The van der Waals surface area contributed by atoms with Crippen molar-refractivity contribution >= 4 is 22.6 Å². The van der Waals surface area contributed by atoms with Crippen molar-refractivity contribution in [1.29, 1.82) is 0 Å². The zero-order valence-electron chi connectivity index (χ0n) is 15.3. The smallest absolute Gasteiger partial charge is 0.294 e. The van der Waals surface area contributed by atoms with Gasteiger partial charge >= 0.3 is 6.18 Å². The van der Waals surface area contributed by atoms with E-state index in [9.17, 15) is 18.0 Å². The number of halogens is 4. The molecule has 0 radical (unpaired) electrons. The molecule has 1 unspecified atom stereocenters. The lowest BCUT2D eigenvalue weighted by molar-refractivity contribution is -0.137. The van der Waals surface area contributed by atoms with Crippen LogP contribution in [0, 0.1) is 0 Å². The summed E-state index contributed by atoms with van der Waals surface area (Å²) in [5.74, 6) is -0.293. The summed E-state index contributed by atoms with van der Waals surface area (Å²) in [6, 6.07) is 3.94. The van der Waals surface area contributed by atoms with Crippen LogP contribution in [0.15, 0.2) is 29.3 Å². The summed E-state index contributed by atoms with van der Waals surface area (Å²) >= 11 is 5.91. The van der Waals surface area contributed by atoms with Gasteiger partial charge in [-0.05, 0) is 37.0 Å². The first-order chi connectivity index (χ1) is 13.2. The first-order valence-electron chi connectivity index (χ1n) is 9.02. The van der Waals surface area contributed by atoms with Crippen LogP contribution in [0.1, 0.15) is 55.0 Å². The number of hydrogen-bond donors (Lipinski definition) is 0. The third kappa shape index (κ3) is 3.09. The summed E-state index contributed by atoms with van der Waals surface area (Å²) < 4.78 is 42.2. The fourth-order valence-electron chi connectivity index (χ4n) is 3.66. The van der Waals surface area contributed by atoms with Crippen LogP contribution in [-0.2, 0) is 13.2 Å². The Morgan fingerprint density at radius 2 is 2.00 bits per heavy atom. The Labute approximate surface area is 163 Å². The summed E-state index contributed by atoms with van der Waals surface area (Å²) in [4.78, 5) is 17.2. The van der Waals surface area contributed by atoms with E-state index in [4.69, 9.17) is 11.6 Å². The van der Waals surface area contributed by atoms with E-state index in [2.05, 4.69) is 10.1 Å². The van der Waals surface area contributed by atoms with Gasteiger partial charge in [0.1, 0.15) is 5.52 Å². The highest BCUT2D eigenvalue weighted by molar-refractivity contribution is 6.31. The lowest BCUT2D eigenvalue weighted by Crippen LogP contribution is -2.19. The minimum atomic E-state index is -4.51. The standard InChI is InChI=1S/C19H18ClF3N4O/c1-3-12(10-4-7-13(14(20)8-10)19(21,22)23)17-15-16(25-26(17)2)18(28)27(9-24-15)11-5-6-11/h4,7-9,11-12H,3,5-6H2,1-2H3. The minimum Gasteiger partial charge on any atom is -0.294 e. The molecule has 2 heterocycles. The van der Waals surface area contributed by atoms with E-state index in [1.54, 1.807) is 22.6 Å². The second-order valence-corrected chi connectivity index (χ2v) is 7.50. The van der Waals surface area contributed by atoms with Gasteiger partial charge in [-0.15, -0.1) is 0 Å². The van der Waals surface area contributed by atoms with Crippen LogP contribution in [-0.4, -0.2) is 19.3 Å². The monoisotopic (exact) mass is 410 g/mol. The number of aromatic nitrogens is 4. The van der Waals surface area contributed by atoms with Crippen molar-refractivity contribution in [3.63, 3.8) is 0 Å². The van der Waals surface area contributed by atoms with Crippen LogP contribution in [0.2, 0.25) is 5.02 Å². The Hall–Kier alpha value is -2.35. The highest BCUT2D eigenvalue weighted by Gasteiger charge is 2.34. The van der Waals surface area contributed by atoms with Gasteiger partial charge in [0.15, 0.2) is 5.52 Å². The molecule has 1 saturated carbocycles. The molecule has 0 amide bonds. The second kappa shape index (κ2) is 6.62. The largest absolute Gasteiger partial charge is 0.417 e. The van der Waals surface area contributed by atoms with E-state index >= 15 is 0 Å². The van der Waals surface area contributed by atoms with Gasteiger partial charge in [-0.3, -0.25) is 14.0 Å². The first-order valence-corrected chi connectivity index (χ1v) is 9.40. The fraction of sp³-hybridized carbons (Fsp3) is 0.421. The zero-order valence-corrected chi connectivity index (χ0v) is 16.1. The molecule has 9 heteroatoms. The number of aryl methyl sites for hydroxylation is 1. The van der Waals surface area contributed by atoms with Crippen molar-refractivity contribution in [2.24, 2.45) is 7.05 Å². The quantitative estimate of drug-likeness (QED) is 0.627. The van der Waals surface area contributed by atoms with Gasteiger partial charge in [0.25, 0.3) is 5.56 Å². The second-order valence-electron chi connectivity index (χ2n) is 7.09. The Balaban J connectivity index is 1.84. The van der Waals surface area contributed by atoms with Crippen LogP contribution in [0.5, 0.6) is 0 Å². The molecule has 1 aliphatic carbocycles. The van der Waals surface area contributed by atoms with Gasteiger partial charge in [0.05, 0.1) is 22.6 Å². The highest BCUT2D eigenvalue weighted by atomic mass is 35.5. The average molecular weight is 411 g/mol. The number of rotatable bonds is 4. The summed E-state index contributed by atoms with van der Waals surface area (Å²) in [7, 11) is 1.71. The maximum absolute atomic E-state index is 13.0. The zero-order chi connectivity index (χ0) is 20.2. The van der Waals surface area contributed by atoms with Gasteiger partial charge in [-0.2, -0.15) is 18.3 Å². The minimum absolute atomic E-state index is 0.186. The Morgan fingerprint density at radius 1 is 1.29 bits per heavy atom. The summed E-state index contributed by atoms with van der Waals surface area (Å²) in [6.07, 6.45) is -0.474. The molecule has 5 nitrogen and oxygen atoms in total.